The van der Waals surface area contributed by atoms with E-state index in [9.17, 15) is 4.39 Å². The molecule has 2 N–H and O–H groups in total. The molecule has 1 aromatic carbocycles. The van der Waals surface area contributed by atoms with Gasteiger partial charge in [0.15, 0.2) is 0 Å². The average Bonchev–Trinajstić information content (AvgIpc) is 2.18. The van der Waals surface area contributed by atoms with Crippen LogP contribution in [-0.4, -0.2) is 12.3 Å². The molecule has 1 atom stereocenters. The van der Waals surface area contributed by atoms with Crippen LogP contribution in [0, 0.1) is 0 Å². The third-order valence-electron chi connectivity index (χ3n) is 1.76. The van der Waals surface area contributed by atoms with Crippen molar-refractivity contribution < 1.29 is 4.39 Å². The zero-order valence-electron chi connectivity index (χ0n) is 7.66. The van der Waals surface area contributed by atoms with Crippen LogP contribution in [0.4, 0.5) is 4.39 Å². The van der Waals surface area contributed by atoms with Gasteiger partial charge in [-0.05, 0) is 11.8 Å². The Bertz CT molecular complexity index is 265. The normalized spacial score (nSPS) is 12.8. The fourth-order valence-corrected chi connectivity index (χ4v) is 2.00. The molecule has 0 bridgehead atoms. The maximum absolute atomic E-state index is 13.3. The van der Waals surface area contributed by atoms with Gasteiger partial charge in [0.1, 0.15) is 6.17 Å². The predicted octanol–water partition coefficient (Wildman–Crippen LogP) is 2.77. The Kier molecular flexibility index (Phi) is 4.25. The molecular formula is C10H14FNS. The zero-order chi connectivity index (χ0) is 9.68. The topological polar surface area (TPSA) is 26.0 Å². The summed E-state index contributed by atoms with van der Waals surface area (Å²) in [7, 11) is 0. The smallest absolute Gasteiger partial charge is 0.138 e. The fraction of sp³-hybridized carbons (Fsp3) is 0.400. The monoisotopic (exact) mass is 199 g/mol. The summed E-state index contributed by atoms with van der Waals surface area (Å²) in [6.07, 6.45) is -1.03. The number of nitrogens with two attached hydrogens (primary N) is 1. The van der Waals surface area contributed by atoms with E-state index in [1.54, 1.807) is 17.8 Å². The van der Waals surface area contributed by atoms with Crippen molar-refractivity contribution in [3.05, 3.63) is 29.8 Å². The average molecular weight is 199 g/mol. The number of rotatable bonds is 4. The van der Waals surface area contributed by atoms with Crippen molar-refractivity contribution in [3.63, 3.8) is 0 Å². The predicted molar refractivity (Wildman–Crippen MR) is 55.7 cm³/mol. The van der Waals surface area contributed by atoms with E-state index in [0.29, 0.717) is 0 Å². The van der Waals surface area contributed by atoms with Gasteiger partial charge in [0.05, 0.1) is 0 Å². The van der Waals surface area contributed by atoms with Crippen molar-refractivity contribution in [3.8, 4) is 0 Å². The van der Waals surface area contributed by atoms with E-state index in [-0.39, 0.29) is 6.54 Å². The third-order valence-corrected chi connectivity index (χ3v) is 2.73. The molecule has 0 fully saturated rings. The highest BCUT2D eigenvalue weighted by Gasteiger charge is 2.11. The Morgan fingerprint density at radius 1 is 1.46 bits per heavy atom. The molecule has 1 unspecified atom stereocenters. The summed E-state index contributed by atoms with van der Waals surface area (Å²) in [6.45, 7) is 2.11. The van der Waals surface area contributed by atoms with E-state index in [4.69, 9.17) is 5.73 Å². The lowest BCUT2D eigenvalue weighted by molar-refractivity contribution is 0.348. The molecular weight excluding hydrogens is 185 g/mol. The number of alkyl halides is 1. The molecule has 13 heavy (non-hydrogen) atoms. The molecule has 0 aliphatic carbocycles. The maximum Gasteiger partial charge on any atom is 0.138 e. The lowest BCUT2D eigenvalue weighted by Crippen LogP contribution is -2.08. The summed E-state index contributed by atoms with van der Waals surface area (Å²) in [5.41, 5.74) is 6.00. The molecule has 0 radical (unpaired) electrons. The Hall–Kier alpha value is -0.540. The van der Waals surface area contributed by atoms with E-state index in [2.05, 4.69) is 6.92 Å². The minimum absolute atomic E-state index is 0.0568. The summed E-state index contributed by atoms with van der Waals surface area (Å²) in [5, 5.41) is 0. The van der Waals surface area contributed by atoms with E-state index in [1.165, 1.54) is 0 Å². The van der Waals surface area contributed by atoms with Gasteiger partial charge in [-0.1, -0.05) is 25.1 Å². The van der Waals surface area contributed by atoms with Crippen molar-refractivity contribution in [1.29, 1.82) is 0 Å². The molecule has 0 spiro atoms. The van der Waals surface area contributed by atoms with Crippen LogP contribution in [0.5, 0.6) is 0 Å². The standard InChI is InChI=1S/C10H14FNS/c1-2-13-10-6-4-3-5-8(10)9(11)7-12/h3-6,9H,2,7,12H2,1H3. The van der Waals surface area contributed by atoms with Crippen LogP contribution in [-0.2, 0) is 0 Å². The van der Waals surface area contributed by atoms with Crippen LogP contribution in [0.15, 0.2) is 29.2 Å². The molecule has 0 amide bonds. The Morgan fingerprint density at radius 3 is 2.77 bits per heavy atom. The van der Waals surface area contributed by atoms with Gasteiger partial charge in [0.2, 0.25) is 0 Å². The number of halogens is 1. The van der Waals surface area contributed by atoms with Crippen molar-refractivity contribution >= 4 is 11.8 Å². The molecule has 0 saturated carbocycles. The number of benzene rings is 1. The Balaban J connectivity index is 2.90. The molecule has 1 aromatic rings. The quantitative estimate of drug-likeness (QED) is 0.755. The van der Waals surface area contributed by atoms with E-state index >= 15 is 0 Å². The first-order valence-electron chi connectivity index (χ1n) is 4.35. The second-order valence-electron chi connectivity index (χ2n) is 2.67. The SMILES string of the molecule is CCSc1ccccc1C(F)CN. The highest BCUT2D eigenvalue weighted by molar-refractivity contribution is 7.99. The number of hydrogen-bond acceptors (Lipinski definition) is 2. The van der Waals surface area contributed by atoms with E-state index in [0.717, 1.165) is 16.2 Å². The van der Waals surface area contributed by atoms with Crippen molar-refractivity contribution in [2.24, 2.45) is 5.73 Å². The molecule has 1 rings (SSSR count). The van der Waals surface area contributed by atoms with Crippen molar-refractivity contribution in [2.45, 2.75) is 18.0 Å². The van der Waals surface area contributed by atoms with Gasteiger partial charge in [-0.3, -0.25) is 0 Å². The molecule has 3 heteroatoms. The third kappa shape index (κ3) is 2.71. The fourth-order valence-electron chi connectivity index (χ4n) is 1.15. The van der Waals surface area contributed by atoms with Gasteiger partial charge in [0.25, 0.3) is 0 Å². The van der Waals surface area contributed by atoms with Gasteiger partial charge < -0.3 is 5.73 Å². The van der Waals surface area contributed by atoms with Crippen LogP contribution in [0.25, 0.3) is 0 Å². The lowest BCUT2D eigenvalue weighted by atomic mass is 10.1. The maximum atomic E-state index is 13.3. The minimum atomic E-state index is -1.03. The molecule has 0 aliphatic heterocycles. The van der Waals surface area contributed by atoms with Gasteiger partial charge in [-0.15, -0.1) is 11.8 Å². The second kappa shape index (κ2) is 5.25. The number of hydrogen-bond donors (Lipinski definition) is 1. The summed E-state index contributed by atoms with van der Waals surface area (Å²) >= 11 is 1.65. The van der Waals surface area contributed by atoms with Gasteiger partial charge >= 0.3 is 0 Å². The Labute approximate surface area is 82.5 Å². The minimum Gasteiger partial charge on any atom is -0.327 e. The van der Waals surface area contributed by atoms with Crippen molar-refractivity contribution in [2.75, 3.05) is 12.3 Å². The van der Waals surface area contributed by atoms with Gasteiger partial charge in [-0.25, -0.2) is 4.39 Å². The van der Waals surface area contributed by atoms with Crippen LogP contribution < -0.4 is 5.73 Å². The molecule has 0 heterocycles. The summed E-state index contributed by atoms with van der Waals surface area (Å²) in [5.74, 6) is 0.953. The highest BCUT2D eigenvalue weighted by Crippen LogP contribution is 2.28. The van der Waals surface area contributed by atoms with Gasteiger partial charge in [-0.2, -0.15) is 0 Å². The first-order chi connectivity index (χ1) is 6.29. The Morgan fingerprint density at radius 2 is 2.15 bits per heavy atom. The lowest BCUT2D eigenvalue weighted by Gasteiger charge is -2.10. The summed E-state index contributed by atoms with van der Waals surface area (Å²) < 4.78 is 13.3. The van der Waals surface area contributed by atoms with Crippen LogP contribution in [0.3, 0.4) is 0 Å². The van der Waals surface area contributed by atoms with E-state index in [1.807, 2.05) is 18.2 Å². The molecule has 0 saturated heterocycles. The van der Waals surface area contributed by atoms with Crippen LogP contribution >= 0.6 is 11.8 Å². The van der Waals surface area contributed by atoms with E-state index < -0.39 is 6.17 Å². The first-order valence-corrected chi connectivity index (χ1v) is 5.34. The van der Waals surface area contributed by atoms with Crippen LogP contribution in [0.1, 0.15) is 18.7 Å². The zero-order valence-corrected chi connectivity index (χ0v) is 8.48. The molecule has 1 nitrogen and oxygen atoms in total. The molecule has 72 valence electrons. The first kappa shape index (κ1) is 10.5. The summed E-state index contributed by atoms with van der Waals surface area (Å²) in [4.78, 5) is 1.00. The summed E-state index contributed by atoms with van der Waals surface area (Å²) in [6, 6.07) is 7.50. The number of thioether (sulfide) groups is 1. The van der Waals surface area contributed by atoms with Crippen molar-refractivity contribution in [1.82, 2.24) is 0 Å². The van der Waals surface area contributed by atoms with Crippen LogP contribution in [0.2, 0.25) is 0 Å². The molecule has 0 aromatic heterocycles. The largest absolute Gasteiger partial charge is 0.327 e. The second-order valence-corrected chi connectivity index (χ2v) is 3.98. The highest BCUT2D eigenvalue weighted by atomic mass is 32.2. The molecule has 0 aliphatic rings. The van der Waals surface area contributed by atoms with Gasteiger partial charge in [0, 0.05) is 17.0 Å².